The molecule has 0 heterocycles. The van der Waals surface area contributed by atoms with Crippen molar-refractivity contribution in [2.75, 3.05) is 19.8 Å². The molecule has 2 aromatic carbocycles. The van der Waals surface area contributed by atoms with Crippen molar-refractivity contribution in [1.29, 1.82) is 5.26 Å². The van der Waals surface area contributed by atoms with Gasteiger partial charge in [-0.05, 0) is 55.3 Å². The van der Waals surface area contributed by atoms with Crippen LogP contribution in [0.5, 0.6) is 11.5 Å². The summed E-state index contributed by atoms with van der Waals surface area (Å²) in [5.74, 6) is 1.22. The van der Waals surface area contributed by atoms with Gasteiger partial charge in [0.05, 0.1) is 24.8 Å². The van der Waals surface area contributed by atoms with Gasteiger partial charge < -0.3 is 14.4 Å². The summed E-state index contributed by atoms with van der Waals surface area (Å²) in [6.45, 7) is 9.53. The molecule has 0 unspecified atom stereocenters. The number of benzene rings is 2. The lowest BCUT2D eigenvalue weighted by molar-refractivity contribution is -0.126. The molecule has 2 rings (SSSR count). The fourth-order valence-corrected chi connectivity index (χ4v) is 2.74. The van der Waals surface area contributed by atoms with E-state index in [9.17, 15) is 4.79 Å². The average Bonchev–Trinajstić information content (AvgIpc) is 2.74. The van der Waals surface area contributed by atoms with Crippen molar-refractivity contribution in [2.24, 2.45) is 0 Å². The van der Waals surface area contributed by atoms with Gasteiger partial charge in [0.2, 0.25) is 5.91 Å². The molecule has 0 radical (unpaired) electrons. The molecule has 2 aromatic rings. The van der Waals surface area contributed by atoms with Gasteiger partial charge in [-0.25, -0.2) is 0 Å². The van der Waals surface area contributed by atoms with Gasteiger partial charge in [-0.15, -0.1) is 6.58 Å². The summed E-state index contributed by atoms with van der Waals surface area (Å²) in [6.07, 6.45) is 4.99. The molecule has 0 atom stereocenters. The molecule has 5 heteroatoms. The molecule has 0 aliphatic heterocycles. The van der Waals surface area contributed by atoms with E-state index in [1.165, 1.54) is 0 Å². The summed E-state index contributed by atoms with van der Waals surface area (Å²) >= 11 is 0. The van der Waals surface area contributed by atoms with Crippen LogP contribution in [-0.2, 0) is 11.3 Å². The first-order valence-corrected chi connectivity index (χ1v) is 9.57. The van der Waals surface area contributed by atoms with E-state index >= 15 is 0 Å². The van der Waals surface area contributed by atoms with Gasteiger partial charge in [0.25, 0.3) is 0 Å². The Morgan fingerprint density at radius 3 is 2.41 bits per heavy atom. The van der Waals surface area contributed by atoms with Crippen LogP contribution in [-0.4, -0.2) is 30.6 Å². The van der Waals surface area contributed by atoms with Crippen LogP contribution < -0.4 is 9.47 Å². The summed E-state index contributed by atoms with van der Waals surface area (Å²) in [5.41, 5.74) is 2.39. The minimum Gasteiger partial charge on any atom is -0.490 e. The first-order chi connectivity index (χ1) is 14.1. The Hall–Kier alpha value is -3.52. The highest BCUT2D eigenvalue weighted by atomic mass is 16.5. The Bertz CT molecular complexity index is 895. The lowest BCUT2D eigenvalue weighted by Crippen LogP contribution is -2.29. The summed E-state index contributed by atoms with van der Waals surface area (Å²) < 4.78 is 11.2. The second kappa shape index (κ2) is 11.4. The Morgan fingerprint density at radius 2 is 1.79 bits per heavy atom. The number of amides is 1. The van der Waals surface area contributed by atoms with E-state index in [2.05, 4.69) is 12.6 Å². The van der Waals surface area contributed by atoms with E-state index in [4.69, 9.17) is 14.7 Å². The summed E-state index contributed by atoms with van der Waals surface area (Å²) in [7, 11) is 0. The molecule has 29 heavy (non-hydrogen) atoms. The SMILES string of the molecule is C=CCN(Cc1ccc(C#N)cc1)C(=O)/C=C/c1ccc(OCC)c(OCC)c1. The lowest BCUT2D eigenvalue weighted by Gasteiger charge is -2.19. The zero-order valence-corrected chi connectivity index (χ0v) is 16.9. The van der Waals surface area contributed by atoms with Crippen molar-refractivity contribution in [1.82, 2.24) is 4.90 Å². The number of carbonyl (C=O) groups is 1. The number of hydrogen-bond donors (Lipinski definition) is 0. The number of ether oxygens (including phenoxy) is 2. The Kier molecular flexibility index (Phi) is 8.52. The molecule has 0 saturated carbocycles. The van der Waals surface area contributed by atoms with Gasteiger partial charge in [0.1, 0.15) is 0 Å². The second-order valence-corrected chi connectivity index (χ2v) is 6.22. The highest BCUT2D eigenvalue weighted by Crippen LogP contribution is 2.29. The van der Waals surface area contributed by atoms with Crippen molar-refractivity contribution >= 4 is 12.0 Å². The van der Waals surface area contributed by atoms with E-state index in [0.717, 1.165) is 11.1 Å². The third-order valence-electron chi connectivity index (χ3n) is 4.10. The molecule has 5 nitrogen and oxygen atoms in total. The number of nitrogens with zero attached hydrogens (tertiary/aromatic N) is 2. The highest BCUT2D eigenvalue weighted by Gasteiger charge is 2.10. The van der Waals surface area contributed by atoms with Crippen LogP contribution in [0.3, 0.4) is 0 Å². The van der Waals surface area contributed by atoms with E-state index in [0.29, 0.717) is 43.4 Å². The maximum Gasteiger partial charge on any atom is 0.247 e. The molecule has 0 saturated heterocycles. The van der Waals surface area contributed by atoms with Crippen molar-refractivity contribution in [2.45, 2.75) is 20.4 Å². The van der Waals surface area contributed by atoms with Gasteiger partial charge in [0.15, 0.2) is 11.5 Å². The molecule has 1 amide bonds. The first kappa shape index (κ1) is 21.8. The van der Waals surface area contributed by atoms with Crippen molar-refractivity contribution in [3.05, 3.63) is 77.9 Å². The standard InChI is InChI=1S/C24H26N2O3/c1-4-15-26(18-21-9-7-20(17-25)8-10-21)24(27)14-12-19-11-13-22(28-5-2)23(16-19)29-6-3/h4,7-14,16H,1,5-6,15,18H2,2-3H3/b14-12+. The molecule has 0 spiro atoms. The van der Waals surface area contributed by atoms with Gasteiger partial charge in [-0.3, -0.25) is 4.79 Å². The second-order valence-electron chi connectivity index (χ2n) is 6.22. The number of rotatable bonds is 10. The van der Waals surface area contributed by atoms with Crippen LogP contribution in [0, 0.1) is 11.3 Å². The van der Waals surface area contributed by atoms with Gasteiger partial charge in [-0.2, -0.15) is 5.26 Å². The monoisotopic (exact) mass is 390 g/mol. The van der Waals surface area contributed by atoms with E-state index in [1.54, 1.807) is 35.3 Å². The minimum absolute atomic E-state index is 0.124. The largest absolute Gasteiger partial charge is 0.490 e. The fraction of sp³-hybridized carbons (Fsp3) is 0.250. The molecular formula is C24H26N2O3. The predicted molar refractivity (Wildman–Crippen MR) is 115 cm³/mol. The van der Waals surface area contributed by atoms with Gasteiger partial charge in [-0.1, -0.05) is 24.3 Å². The topological polar surface area (TPSA) is 62.6 Å². The molecule has 0 aliphatic carbocycles. The molecule has 0 fully saturated rings. The number of carbonyl (C=O) groups excluding carboxylic acids is 1. The maximum atomic E-state index is 12.7. The summed E-state index contributed by atoms with van der Waals surface area (Å²) in [4.78, 5) is 14.4. The molecule has 0 bridgehead atoms. The molecule has 0 aliphatic rings. The lowest BCUT2D eigenvalue weighted by atomic mass is 10.1. The highest BCUT2D eigenvalue weighted by molar-refractivity contribution is 5.92. The quantitative estimate of drug-likeness (QED) is 0.440. The summed E-state index contributed by atoms with van der Waals surface area (Å²) in [6, 6.07) is 14.9. The predicted octanol–water partition coefficient (Wildman–Crippen LogP) is 4.58. The van der Waals surface area contributed by atoms with Crippen LogP contribution in [0.4, 0.5) is 0 Å². The van der Waals surface area contributed by atoms with Crippen LogP contribution in [0.1, 0.15) is 30.5 Å². The minimum atomic E-state index is -0.124. The Labute approximate surface area is 172 Å². The van der Waals surface area contributed by atoms with E-state index in [1.807, 2.05) is 44.2 Å². The molecule has 0 aromatic heterocycles. The third-order valence-corrected chi connectivity index (χ3v) is 4.10. The van der Waals surface area contributed by atoms with Crippen LogP contribution in [0.15, 0.2) is 61.2 Å². The Balaban J connectivity index is 2.13. The summed E-state index contributed by atoms with van der Waals surface area (Å²) in [5, 5.41) is 8.91. The van der Waals surface area contributed by atoms with Crippen molar-refractivity contribution in [3.63, 3.8) is 0 Å². The fourth-order valence-electron chi connectivity index (χ4n) is 2.74. The van der Waals surface area contributed by atoms with E-state index in [-0.39, 0.29) is 5.91 Å². The number of hydrogen-bond acceptors (Lipinski definition) is 4. The van der Waals surface area contributed by atoms with Crippen molar-refractivity contribution < 1.29 is 14.3 Å². The average molecular weight is 390 g/mol. The van der Waals surface area contributed by atoms with Crippen LogP contribution in [0.2, 0.25) is 0 Å². The molecular weight excluding hydrogens is 364 g/mol. The maximum absolute atomic E-state index is 12.7. The van der Waals surface area contributed by atoms with Crippen LogP contribution in [0.25, 0.3) is 6.08 Å². The van der Waals surface area contributed by atoms with E-state index < -0.39 is 0 Å². The van der Waals surface area contributed by atoms with Crippen LogP contribution >= 0.6 is 0 Å². The van der Waals surface area contributed by atoms with Gasteiger partial charge in [0, 0.05) is 19.2 Å². The number of nitriles is 1. The Morgan fingerprint density at radius 1 is 1.10 bits per heavy atom. The zero-order chi connectivity index (χ0) is 21.1. The zero-order valence-electron chi connectivity index (χ0n) is 16.9. The smallest absolute Gasteiger partial charge is 0.247 e. The third kappa shape index (κ3) is 6.54. The molecule has 0 N–H and O–H groups in total. The molecule has 150 valence electrons. The first-order valence-electron chi connectivity index (χ1n) is 9.57. The van der Waals surface area contributed by atoms with Crippen molar-refractivity contribution in [3.8, 4) is 17.6 Å². The normalized spacial score (nSPS) is 10.4. The van der Waals surface area contributed by atoms with Gasteiger partial charge >= 0.3 is 0 Å².